The van der Waals surface area contributed by atoms with Crippen LogP contribution in [0.25, 0.3) is 0 Å². The van der Waals surface area contributed by atoms with Crippen LogP contribution in [-0.4, -0.2) is 28.4 Å². The zero-order valence-electron chi connectivity index (χ0n) is 14.8. The van der Waals surface area contributed by atoms with Gasteiger partial charge in [0.25, 0.3) is 5.91 Å². The summed E-state index contributed by atoms with van der Waals surface area (Å²) in [5.41, 5.74) is 2.15. The van der Waals surface area contributed by atoms with Crippen molar-refractivity contribution < 1.29 is 18.4 Å². The fourth-order valence-corrected chi connectivity index (χ4v) is 3.90. The van der Waals surface area contributed by atoms with Gasteiger partial charge >= 0.3 is 6.03 Å². The molecule has 0 bridgehead atoms. The van der Waals surface area contributed by atoms with E-state index in [1.807, 2.05) is 0 Å². The summed E-state index contributed by atoms with van der Waals surface area (Å²) in [6.07, 6.45) is 3.43. The standard InChI is InChI=1S/C19H17FN4O3S/c20-14-3-1-12(2-4-14)9-21-19(26)24-7-5-15-16(10-24)28-18(22-15)23-17(25)13-6-8-27-11-13/h1-4,6,8,11H,5,7,9-10H2,(H,21,26)(H,22,23,25). The van der Waals surface area contributed by atoms with Crippen molar-refractivity contribution in [1.82, 2.24) is 15.2 Å². The Bertz CT molecular complexity index is 985. The van der Waals surface area contributed by atoms with Crippen LogP contribution in [0, 0.1) is 5.82 Å². The van der Waals surface area contributed by atoms with Crippen LogP contribution in [0.3, 0.4) is 0 Å². The number of amides is 3. The molecule has 0 aliphatic carbocycles. The fraction of sp³-hybridized carbons (Fsp3) is 0.211. The van der Waals surface area contributed by atoms with E-state index in [2.05, 4.69) is 15.6 Å². The van der Waals surface area contributed by atoms with Crippen molar-refractivity contribution in [3.05, 3.63) is 70.4 Å². The first kappa shape index (κ1) is 18.2. The van der Waals surface area contributed by atoms with Crippen molar-refractivity contribution in [2.75, 3.05) is 11.9 Å². The first-order valence-corrected chi connectivity index (χ1v) is 9.49. The molecular formula is C19H17FN4O3S. The van der Waals surface area contributed by atoms with Gasteiger partial charge in [-0.3, -0.25) is 10.1 Å². The van der Waals surface area contributed by atoms with Crippen molar-refractivity contribution in [1.29, 1.82) is 0 Å². The van der Waals surface area contributed by atoms with Crippen LogP contribution in [0.15, 0.2) is 47.3 Å². The highest BCUT2D eigenvalue weighted by Crippen LogP contribution is 2.28. The lowest BCUT2D eigenvalue weighted by Gasteiger charge is -2.26. The summed E-state index contributed by atoms with van der Waals surface area (Å²) in [6.45, 7) is 1.31. The summed E-state index contributed by atoms with van der Waals surface area (Å²) >= 11 is 1.36. The number of urea groups is 1. The van der Waals surface area contributed by atoms with Gasteiger partial charge in [-0.05, 0) is 23.8 Å². The molecular weight excluding hydrogens is 383 g/mol. The normalized spacial score (nSPS) is 13.1. The molecule has 9 heteroatoms. The number of aromatic nitrogens is 1. The van der Waals surface area contributed by atoms with Crippen molar-refractivity contribution >= 4 is 28.4 Å². The summed E-state index contributed by atoms with van der Waals surface area (Å²) in [4.78, 5) is 31.6. The van der Waals surface area contributed by atoms with Crippen LogP contribution < -0.4 is 10.6 Å². The second-order valence-corrected chi connectivity index (χ2v) is 7.40. The van der Waals surface area contributed by atoms with Gasteiger partial charge in [0.2, 0.25) is 0 Å². The van der Waals surface area contributed by atoms with Gasteiger partial charge in [0.05, 0.1) is 24.1 Å². The van der Waals surface area contributed by atoms with Crippen molar-refractivity contribution in [3.8, 4) is 0 Å². The van der Waals surface area contributed by atoms with Crippen molar-refractivity contribution in [2.45, 2.75) is 19.5 Å². The number of furan rings is 1. The monoisotopic (exact) mass is 400 g/mol. The smallest absolute Gasteiger partial charge is 0.318 e. The van der Waals surface area contributed by atoms with Gasteiger partial charge in [0, 0.05) is 24.4 Å². The third-order valence-corrected chi connectivity index (χ3v) is 5.38. The minimum absolute atomic E-state index is 0.188. The molecule has 0 saturated heterocycles. The van der Waals surface area contributed by atoms with Crippen LogP contribution in [-0.2, 0) is 19.5 Å². The van der Waals surface area contributed by atoms with Crippen LogP contribution in [0.4, 0.5) is 14.3 Å². The number of nitrogens with zero attached hydrogens (tertiary/aromatic N) is 2. The maximum atomic E-state index is 12.9. The van der Waals surface area contributed by atoms with E-state index in [1.54, 1.807) is 23.1 Å². The van der Waals surface area contributed by atoms with Crippen molar-refractivity contribution in [2.24, 2.45) is 0 Å². The molecule has 3 heterocycles. The first-order valence-electron chi connectivity index (χ1n) is 8.68. The summed E-state index contributed by atoms with van der Waals surface area (Å²) in [5, 5.41) is 6.11. The van der Waals surface area contributed by atoms with Crippen LogP contribution >= 0.6 is 11.3 Å². The number of carbonyl (C=O) groups excluding carboxylic acids is 2. The van der Waals surface area contributed by atoms with Gasteiger partial charge in [-0.1, -0.05) is 23.5 Å². The van der Waals surface area contributed by atoms with Crippen LogP contribution in [0.1, 0.15) is 26.5 Å². The number of hydrogen-bond donors (Lipinski definition) is 2. The predicted octanol–water partition coefficient (Wildman–Crippen LogP) is 3.40. The van der Waals surface area contributed by atoms with Gasteiger partial charge < -0.3 is 14.6 Å². The Morgan fingerprint density at radius 2 is 2.07 bits per heavy atom. The molecule has 1 aliphatic heterocycles. The molecule has 3 aromatic rings. The Labute approximate surface area is 164 Å². The van der Waals surface area contributed by atoms with Gasteiger partial charge in [-0.25, -0.2) is 14.2 Å². The summed E-state index contributed by atoms with van der Waals surface area (Å²) in [5.74, 6) is -0.590. The van der Waals surface area contributed by atoms with Gasteiger partial charge in [0.15, 0.2) is 5.13 Å². The molecule has 0 atom stereocenters. The lowest BCUT2D eigenvalue weighted by atomic mass is 10.2. The number of rotatable bonds is 4. The van der Waals surface area contributed by atoms with Gasteiger partial charge in [-0.15, -0.1) is 0 Å². The number of hydrogen-bond acceptors (Lipinski definition) is 5. The van der Waals surface area contributed by atoms with Gasteiger partial charge in [-0.2, -0.15) is 0 Å². The zero-order valence-corrected chi connectivity index (χ0v) is 15.6. The third kappa shape index (κ3) is 4.04. The largest absolute Gasteiger partial charge is 0.472 e. The Balaban J connectivity index is 1.35. The lowest BCUT2D eigenvalue weighted by Crippen LogP contribution is -2.42. The Kier molecular flexibility index (Phi) is 5.07. The Morgan fingerprint density at radius 3 is 2.82 bits per heavy atom. The minimum Gasteiger partial charge on any atom is -0.472 e. The van der Waals surface area contributed by atoms with E-state index in [0.717, 1.165) is 16.1 Å². The molecule has 2 N–H and O–H groups in total. The molecule has 0 radical (unpaired) electrons. The van der Waals surface area contributed by atoms with E-state index in [1.165, 1.54) is 36.0 Å². The summed E-state index contributed by atoms with van der Waals surface area (Å²) in [7, 11) is 0. The summed E-state index contributed by atoms with van der Waals surface area (Å²) in [6, 6.07) is 7.41. The second-order valence-electron chi connectivity index (χ2n) is 6.31. The van der Waals surface area contributed by atoms with Gasteiger partial charge in [0.1, 0.15) is 12.1 Å². The van der Waals surface area contributed by atoms with E-state index in [-0.39, 0.29) is 17.8 Å². The van der Waals surface area contributed by atoms with Crippen LogP contribution in [0.5, 0.6) is 0 Å². The van der Waals surface area contributed by atoms with Crippen LogP contribution in [0.2, 0.25) is 0 Å². The quantitative estimate of drug-likeness (QED) is 0.703. The Morgan fingerprint density at radius 1 is 1.25 bits per heavy atom. The highest BCUT2D eigenvalue weighted by Gasteiger charge is 2.24. The molecule has 1 aromatic carbocycles. The summed E-state index contributed by atoms with van der Waals surface area (Å²) < 4.78 is 17.9. The van der Waals surface area contributed by atoms with E-state index >= 15 is 0 Å². The third-order valence-electron chi connectivity index (χ3n) is 4.38. The fourth-order valence-electron chi connectivity index (χ4n) is 2.88. The number of anilines is 1. The predicted molar refractivity (Wildman–Crippen MR) is 102 cm³/mol. The molecule has 2 aromatic heterocycles. The molecule has 144 valence electrons. The van der Waals surface area contributed by atoms with E-state index < -0.39 is 0 Å². The maximum Gasteiger partial charge on any atom is 0.318 e. The van der Waals surface area contributed by atoms with E-state index in [0.29, 0.717) is 36.8 Å². The lowest BCUT2D eigenvalue weighted by molar-refractivity contribution is 0.102. The zero-order chi connectivity index (χ0) is 19.5. The molecule has 7 nitrogen and oxygen atoms in total. The molecule has 1 aliphatic rings. The molecule has 3 amide bonds. The Hall–Kier alpha value is -3.20. The molecule has 4 rings (SSSR count). The second kappa shape index (κ2) is 7.81. The number of nitrogens with one attached hydrogen (secondary N) is 2. The highest BCUT2D eigenvalue weighted by molar-refractivity contribution is 7.15. The average Bonchev–Trinajstić information content (AvgIpc) is 3.36. The van der Waals surface area contributed by atoms with E-state index in [9.17, 15) is 14.0 Å². The maximum absolute atomic E-state index is 12.9. The molecule has 0 saturated carbocycles. The number of benzene rings is 1. The SMILES string of the molecule is O=C(Nc1nc2c(s1)CN(C(=O)NCc1ccc(F)cc1)CC2)c1ccoc1. The van der Waals surface area contributed by atoms with E-state index in [4.69, 9.17) is 4.42 Å². The number of halogens is 1. The topological polar surface area (TPSA) is 87.5 Å². The minimum atomic E-state index is -0.306. The van der Waals surface area contributed by atoms with Crippen molar-refractivity contribution in [3.63, 3.8) is 0 Å². The number of thiazole rings is 1. The molecule has 0 unspecified atom stereocenters. The molecule has 28 heavy (non-hydrogen) atoms. The first-order chi connectivity index (χ1) is 13.6. The molecule has 0 spiro atoms. The number of carbonyl (C=O) groups is 2. The average molecular weight is 400 g/mol. The molecule has 0 fully saturated rings. The number of fused-ring (bicyclic) bond motifs is 1. The highest BCUT2D eigenvalue weighted by atomic mass is 32.1.